The summed E-state index contributed by atoms with van der Waals surface area (Å²) in [6.07, 6.45) is 10.4. The van der Waals surface area contributed by atoms with Crippen LogP contribution in [0, 0.1) is 17.2 Å². The molecule has 1 saturated carbocycles. The van der Waals surface area contributed by atoms with Gasteiger partial charge in [0.2, 0.25) is 5.91 Å². The first-order valence-electron chi connectivity index (χ1n) is 12.7. The number of nitriles is 1. The van der Waals surface area contributed by atoms with Gasteiger partial charge in [0.1, 0.15) is 5.69 Å². The third-order valence-corrected chi connectivity index (χ3v) is 7.21. The first-order chi connectivity index (χ1) is 18.4. The van der Waals surface area contributed by atoms with Crippen LogP contribution in [0.2, 0.25) is 0 Å². The SMILES string of the molecule is CN(C(=O)c1cn2c(-c3ccc(NC(=O)C(N)C4CCCCC4)cc3)cnc2cn1)c1ccc(C#N)cc1. The molecule has 2 heterocycles. The summed E-state index contributed by atoms with van der Waals surface area (Å²) in [5.41, 5.74) is 10.6. The molecular formula is C29H29N7O2. The Morgan fingerprint density at radius 1 is 1.05 bits per heavy atom. The van der Waals surface area contributed by atoms with E-state index in [1.54, 1.807) is 49.9 Å². The lowest BCUT2D eigenvalue weighted by atomic mass is 9.84. The van der Waals surface area contributed by atoms with Crippen LogP contribution in [0.15, 0.2) is 67.1 Å². The number of carbonyl (C=O) groups excluding carboxylic acids is 2. The summed E-state index contributed by atoms with van der Waals surface area (Å²) in [4.78, 5) is 36.0. The maximum atomic E-state index is 13.1. The van der Waals surface area contributed by atoms with E-state index in [9.17, 15) is 9.59 Å². The van der Waals surface area contributed by atoms with E-state index in [4.69, 9.17) is 11.0 Å². The van der Waals surface area contributed by atoms with E-state index in [2.05, 4.69) is 21.4 Å². The Hall–Kier alpha value is -4.55. The molecule has 0 saturated heterocycles. The molecule has 3 N–H and O–H groups in total. The van der Waals surface area contributed by atoms with Crippen LogP contribution >= 0.6 is 0 Å². The molecule has 1 atom stereocenters. The minimum atomic E-state index is -0.500. The minimum absolute atomic E-state index is 0.153. The monoisotopic (exact) mass is 507 g/mol. The van der Waals surface area contributed by atoms with Gasteiger partial charge >= 0.3 is 0 Å². The Morgan fingerprint density at radius 3 is 2.45 bits per heavy atom. The van der Waals surface area contributed by atoms with Crippen LogP contribution in [0.5, 0.6) is 0 Å². The molecule has 1 aliphatic carbocycles. The quantitative estimate of drug-likeness (QED) is 0.398. The molecule has 1 aliphatic rings. The number of anilines is 2. The molecule has 0 spiro atoms. The van der Waals surface area contributed by atoms with Crippen molar-refractivity contribution in [3.8, 4) is 17.3 Å². The second-order valence-electron chi connectivity index (χ2n) is 9.66. The summed E-state index contributed by atoms with van der Waals surface area (Å²) in [5, 5.41) is 11.9. The van der Waals surface area contributed by atoms with Gasteiger partial charge < -0.3 is 16.0 Å². The van der Waals surface area contributed by atoms with Crippen LogP contribution in [0.4, 0.5) is 11.4 Å². The molecule has 9 nitrogen and oxygen atoms in total. The van der Waals surface area contributed by atoms with E-state index in [1.165, 1.54) is 11.3 Å². The third kappa shape index (κ3) is 5.12. The second kappa shape index (κ2) is 10.8. The zero-order chi connectivity index (χ0) is 26.6. The standard InChI is InChI=1S/C29H29N7O2/c1-35(23-13-7-19(15-30)8-14-23)29(38)24-18-36-25(16-33-26(36)17-32-24)20-9-11-22(12-10-20)34-28(37)27(31)21-5-3-2-4-6-21/h7-14,16-18,21,27H,2-6,31H2,1H3,(H,34,37). The molecule has 4 aromatic rings. The van der Waals surface area contributed by atoms with Crippen molar-refractivity contribution in [3.05, 3.63) is 78.4 Å². The van der Waals surface area contributed by atoms with Crippen LogP contribution in [0.1, 0.15) is 48.2 Å². The Balaban J connectivity index is 1.33. The van der Waals surface area contributed by atoms with Crippen LogP contribution < -0.4 is 16.0 Å². The second-order valence-corrected chi connectivity index (χ2v) is 9.66. The van der Waals surface area contributed by atoms with Crippen LogP contribution in [-0.4, -0.2) is 39.3 Å². The molecule has 0 aliphatic heterocycles. The smallest absolute Gasteiger partial charge is 0.278 e. The van der Waals surface area contributed by atoms with Gasteiger partial charge in [-0.15, -0.1) is 0 Å². The van der Waals surface area contributed by atoms with Crippen LogP contribution in [0.3, 0.4) is 0 Å². The van der Waals surface area contributed by atoms with Crippen molar-refractivity contribution >= 4 is 28.8 Å². The summed E-state index contributed by atoms with van der Waals surface area (Å²) < 4.78 is 1.82. The van der Waals surface area contributed by atoms with Gasteiger partial charge in [-0.3, -0.25) is 14.0 Å². The van der Waals surface area contributed by atoms with Crippen molar-refractivity contribution in [1.29, 1.82) is 5.26 Å². The van der Waals surface area contributed by atoms with Crippen LogP contribution in [-0.2, 0) is 4.79 Å². The molecule has 1 fully saturated rings. The van der Waals surface area contributed by atoms with Crippen molar-refractivity contribution in [2.45, 2.75) is 38.1 Å². The van der Waals surface area contributed by atoms with E-state index >= 15 is 0 Å². The minimum Gasteiger partial charge on any atom is -0.325 e. The summed E-state index contributed by atoms with van der Waals surface area (Å²) in [7, 11) is 1.66. The normalized spacial score (nSPS) is 14.6. The van der Waals surface area contributed by atoms with Crippen molar-refractivity contribution in [2.75, 3.05) is 17.3 Å². The first kappa shape index (κ1) is 25.1. The van der Waals surface area contributed by atoms with E-state index in [-0.39, 0.29) is 23.4 Å². The summed E-state index contributed by atoms with van der Waals surface area (Å²) in [6, 6.07) is 15.8. The number of fused-ring (bicyclic) bond motifs is 1. The maximum Gasteiger partial charge on any atom is 0.278 e. The van der Waals surface area contributed by atoms with Gasteiger partial charge in [0.25, 0.3) is 5.91 Å². The van der Waals surface area contributed by atoms with Crippen molar-refractivity contribution in [3.63, 3.8) is 0 Å². The number of nitrogens with zero attached hydrogens (tertiary/aromatic N) is 5. The fourth-order valence-electron chi connectivity index (χ4n) is 4.92. The van der Waals surface area contributed by atoms with Gasteiger partial charge in [-0.25, -0.2) is 9.97 Å². The van der Waals surface area contributed by atoms with Crippen LogP contribution in [0.25, 0.3) is 16.9 Å². The highest BCUT2D eigenvalue weighted by molar-refractivity contribution is 6.04. The third-order valence-electron chi connectivity index (χ3n) is 7.21. The summed E-state index contributed by atoms with van der Waals surface area (Å²) in [6.45, 7) is 0. The topological polar surface area (TPSA) is 129 Å². The van der Waals surface area contributed by atoms with E-state index in [0.29, 0.717) is 22.6 Å². The van der Waals surface area contributed by atoms with E-state index < -0.39 is 6.04 Å². The number of carbonyl (C=O) groups is 2. The zero-order valence-corrected chi connectivity index (χ0v) is 21.2. The first-order valence-corrected chi connectivity index (χ1v) is 12.7. The lowest BCUT2D eigenvalue weighted by Gasteiger charge is -2.26. The predicted octanol–water partition coefficient (Wildman–Crippen LogP) is 4.39. The Kier molecular flexibility index (Phi) is 7.15. The van der Waals surface area contributed by atoms with Crippen molar-refractivity contribution in [1.82, 2.24) is 14.4 Å². The fraction of sp³-hybridized carbons (Fsp3) is 0.276. The van der Waals surface area contributed by atoms with Gasteiger partial charge in [-0.1, -0.05) is 31.4 Å². The number of benzene rings is 2. The molecule has 38 heavy (non-hydrogen) atoms. The molecule has 192 valence electrons. The highest BCUT2D eigenvalue weighted by Gasteiger charge is 2.26. The molecule has 2 aromatic heterocycles. The number of nitrogens with two attached hydrogens (primary N) is 1. The molecule has 2 amide bonds. The Bertz CT molecular complexity index is 1500. The Labute approximate surface area is 220 Å². The number of rotatable bonds is 6. The molecule has 0 bridgehead atoms. The van der Waals surface area contributed by atoms with E-state index in [0.717, 1.165) is 36.9 Å². The number of amides is 2. The number of nitrogens with one attached hydrogen (secondary N) is 1. The molecular weight excluding hydrogens is 478 g/mol. The van der Waals surface area contributed by atoms with Gasteiger partial charge in [0, 0.05) is 30.2 Å². The summed E-state index contributed by atoms with van der Waals surface area (Å²) in [5.74, 6) is -0.202. The molecule has 5 rings (SSSR count). The van der Waals surface area contributed by atoms with Gasteiger partial charge in [-0.2, -0.15) is 5.26 Å². The number of aromatic nitrogens is 3. The molecule has 9 heteroatoms. The van der Waals surface area contributed by atoms with Gasteiger partial charge in [0.05, 0.1) is 35.8 Å². The zero-order valence-electron chi connectivity index (χ0n) is 21.2. The van der Waals surface area contributed by atoms with Gasteiger partial charge in [0.15, 0.2) is 5.65 Å². The lowest BCUT2D eigenvalue weighted by Crippen LogP contribution is -2.42. The lowest BCUT2D eigenvalue weighted by molar-refractivity contribution is -0.118. The molecule has 0 radical (unpaired) electrons. The average molecular weight is 508 g/mol. The molecule has 1 unspecified atom stereocenters. The highest BCUT2D eigenvalue weighted by Crippen LogP contribution is 2.27. The highest BCUT2D eigenvalue weighted by atomic mass is 16.2. The number of imidazole rings is 1. The van der Waals surface area contributed by atoms with Crippen molar-refractivity contribution in [2.24, 2.45) is 11.7 Å². The maximum absolute atomic E-state index is 13.1. The average Bonchev–Trinajstić information content (AvgIpc) is 3.40. The van der Waals surface area contributed by atoms with Gasteiger partial charge in [-0.05, 0) is 55.2 Å². The fourth-order valence-corrected chi connectivity index (χ4v) is 4.92. The largest absolute Gasteiger partial charge is 0.325 e. The molecule has 2 aromatic carbocycles. The predicted molar refractivity (Wildman–Crippen MR) is 145 cm³/mol. The number of hydrogen-bond donors (Lipinski definition) is 2. The Morgan fingerprint density at radius 2 is 1.76 bits per heavy atom. The van der Waals surface area contributed by atoms with E-state index in [1.807, 2.05) is 28.7 Å². The van der Waals surface area contributed by atoms with Crippen molar-refractivity contribution < 1.29 is 9.59 Å². The number of hydrogen-bond acceptors (Lipinski definition) is 6. The summed E-state index contributed by atoms with van der Waals surface area (Å²) >= 11 is 0.